The van der Waals surface area contributed by atoms with Gasteiger partial charge in [-0.15, -0.1) is 11.3 Å². The van der Waals surface area contributed by atoms with Gasteiger partial charge in [-0.25, -0.2) is 4.98 Å². The van der Waals surface area contributed by atoms with Crippen molar-refractivity contribution in [1.82, 2.24) is 15.2 Å². The van der Waals surface area contributed by atoms with Gasteiger partial charge in [0.2, 0.25) is 11.8 Å². The maximum Gasteiger partial charge on any atom is 0.236 e. The Labute approximate surface area is 141 Å². The maximum atomic E-state index is 12.1. The second kappa shape index (κ2) is 8.26. The number of hydrogen-bond donors (Lipinski definition) is 1. The van der Waals surface area contributed by atoms with E-state index in [9.17, 15) is 4.79 Å². The van der Waals surface area contributed by atoms with Crippen LogP contribution in [0.15, 0.2) is 21.9 Å². The lowest BCUT2D eigenvalue weighted by molar-refractivity contribution is -0.120. The highest BCUT2D eigenvalue weighted by atomic mass is 32.1. The number of nitrogens with zero attached hydrogens (tertiary/aromatic N) is 2. The predicted octanol–water partition coefficient (Wildman–Crippen LogP) is 3.10. The lowest BCUT2D eigenvalue weighted by Crippen LogP contribution is -2.37. The van der Waals surface area contributed by atoms with E-state index < -0.39 is 0 Å². The second-order valence-corrected chi connectivity index (χ2v) is 6.71. The number of rotatable bonds is 8. The zero-order valence-corrected chi connectivity index (χ0v) is 15.1. The second-order valence-electron chi connectivity index (χ2n) is 5.76. The van der Waals surface area contributed by atoms with Gasteiger partial charge in [0.15, 0.2) is 0 Å². The zero-order chi connectivity index (χ0) is 16.8. The molecule has 0 aromatic carbocycles. The van der Waals surface area contributed by atoms with Crippen LogP contribution < -0.4 is 5.32 Å². The van der Waals surface area contributed by atoms with Gasteiger partial charge in [0.25, 0.3) is 0 Å². The largest absolute Gasteiger partial charge is 0.440 e. The quantitative estimate of drug-likeness (QED) is 0.805. The van der Waals surface area contributed by atoms with Gasteiger partial charge in [-0.3, -0.25) is 4.79 Å². The van der Waals surface area contributed by atoms with Crippen LogP contribution in [0.3, 0.4) is 0 Å². The number of aryl methyl sites for hydroxylation is 1. The van der Waals surface area contributed by atoms with Crippen molar-refractivity contribution in [2.45, 2.75) is 39.7 Å². The maximum absolute atomic E-state index is 12.1. The highest BCUT2D eigenvalue weighted by Crippen LogP contribution is 2.25. The van der Waals surface area contributed by atoms with E-state index in [4.69, 9.17) is 4.42 Å². The minimum absolute atomic E-state index is 0.0170. The first-order chi connectivity index (χ1) is 11.0. The summed E-state index contributed by atoms with van der Waals surface area (Å²) < 4.78 is 5.66. The summed E-state index contributed by atoms with van der Waals surface area (Å²) in [5, 5.41) is 4.93. The highest BCUT2D eigenvalue weighted by molar-refractivity contribution is 7.13. The van der Waals surface area contributed by atoms with E-state index in [1.807, 2.05) is 24.4 Å². The summed E-state index contributed by atoms with van der Waals surface area (Å²) in [5.41, 5.74) is 0.709. The van der Waals surface area contributed by atoms with Gasteiger partial charge in [0.1, 0.15) is 5.76 Å². The zero-order valence-electron chi connectivity index (χ0n) is 14.3. The monoisotopic (exact) mass is 335 g/mol. The third-order valence-electron chi connectivity index (χ3n) is 4.08. The van der Waals surface area contributed by atoms with Crippen molar-refractivity contribution in [2.75, 3.05) is 20.1 Å². The third-order valence-corrected chi connectivity index (χ3v) is 4.94. The van der Waals surface area contributed by atoms with Crippen molar-refractivity contribution in [3.05, 3.63) is 29.0 Å². The molecule has 126 valence electrons. The van der Waals surface area contributed by atoms with Crippen LogP contribution in [0, 0.1) is 6.92 Å². The van der Waals surface area contributed by atoms with Crippen LogP contribution in [0.5, 0.6) is 0 Å². The molecule has 23 heavy (non-hydrogen) atoms. The number of likely N-dealkylation sites (N-methyl/N-ethyl adjacent to an activating group) is 1. The number of hydrogen-bond acceptors (Lipinski definition) is 5. The Morgan fingerprint density at radius 2 is 2.30 bits per heavy atom. The van der Waals surface area contributed by atoms with Crippen molar-refractivity contribution in [3.8, 4) is 10.8 Å². The summed E-state index contributed by atoms with van der Waals surface area (Å²) in [7, 11) is 2.08. The average molecular weight is 335 g/mol. The number of nitrogens with one attached hydrogen (secondary N) is 1. The number of carbonyl (C=O) groups excluding carboxylic acids is 1. The normalized spacial score (nSPS) is 12.6. The molecule has 1 amide bonds. The van der Waals surface area contributed by atoms with E-state index >= 15 is 0 Å². The first-order valence-electron chi connectivity index (χ1n) is 7.98. The van der Waals surface area contributed by atoms with E-state index in [0.29, 0.717) is 29.9 Å². The van der Waals surface area contributed by atoms with Crippen LogP contribution in [-0.2, 0) is 11.2 Å². The number of thiophene rings is 1. The molecule has 0 aliphatic rings. The van der Waals surface area contributed by atoms with Gasteiger partial charge < -0.3 is 14.6 Å². The molecule has 6 heteroatoms. The minimum Gasteiger partial charge on any atom is -0.440 e. The molecule has 0 spiro atoms. The van der Waals surface area contributed by atoms with Crippen LogP contribution in [0.2, 0.25) is 0 Å². The van der Waals surface area contributed by atoms with Gasteiger partial charge >= 0.3 is 0 Å². The number of aromatic nitrogens is 1. The molecule has 0 saturated carbocycles. The third kappa shape index (κ3) is 4.91. The molecule has 5 nitrogen and oxygen atoms in total. The smallest absolute Gasteiger partial charge is 0.236 e. The summed E-state index contributed by atoms with van der Waals surface area (Å²) in [6.07, 6.45) is 1.36. The topological polar surface area (TPSA) is 58.4 Å². The van der Waals surface area contributed by atoms with Crippen molar-refractivity contribution in [1.29, 1.82) is 0 Å². The van der Waals surface area contributed by atoms with Crippen LogP contribution in [0.25, 0.3) is 10.8 Å². The van der Waals surface area contributed by atoms with Gasteiger partial charge in [0.05, 0.1) is 17.0 Å². The molecular formula is C17H25N3O2S. The van der Waals surface area contributed by atoms with Crippen molar-refractivity contribution >= 4 is 17.2 Å². The minimum atomic E-state index is -0.0170. The molecule has 0 aliphatic heterocycles. The van der Waals surface area contributed by atoms with Crippen LogP contribution in [0.1, 0.15) is 31.7 Å². The summed E-state index contributed by atoms with van der Waals surface area (Å²) in [5.74, 6) is 1.29. The molecule has 1 atom stereocenters. The fraction of sp³-hybridized carbons (Fsp3) is 0.529. The lowest BCUT2D eigenvalue weighted by Gasteiger charge is -2.23. The molecular weight excluding hydrogens is 310 g/mol. The number of carbonyl (C=O) groups is 1. The first-order valence-corrected chi connectivity index (χ1v) is 8.86. The van der Waals surface area contributed by atoms with E-state index in [2.05, 4.69) is 36.1 Å². The lowest BCUT2D eigenvalue weighted by atomic mass is 10.2. The summed E-state index contributed by atoms with van der Waals surface area (Å²) in [6, 6.07) is 4.45. The Kier molecular flexibility index (Phi) is 6.36. The fourth-order valence-electron chi connectivity index (χ4n) is 2.22. The Morgan fingerprint density at radius 3 is 2.96 bits per heavy atom. The molecule has 0 aliphatic carbocycles. The van der Waals surface area contributed by atoms with Gasteiger partial charge in [-0.1, -0.05) is 13.0 Å². The van der Waals surface area contributed by atoms with Crippen molar-refractivity contribution < 1.29 is 9.21 Å². The van der Waals surface area contributed by atoms with E-state index in [1.165, 1.54) is 0 Å². The summed E-state index contributed by atoms with van der Waals surface area (Å²) in [4.78, 5) is 19.8. The Morgan fingerprint density at radius 1 is 1.52 bits per heavy atom. The Balaban J connectivity index is 1.84. The molecule has 0 unspecified atom stereocenters. The van der Waals surface area contributed by atoms with Crippen molar-refractivity contribution in [3.63, 3.8) is 0 Å². The van der Waals surface area contributed by atoms with E-state index in [-0.39, 0.29) is 12.3 Å². The van der Waals surface area contributed by atoms with Crippen LogP contribution in [-0.4, -0.2) is 42.0 Å². The fourth-order valence-corrected chi connectivity index (χ4v) is 2.87. The van der Waals surface area contributed by atoms with Gasteiger partial charge in [-0.05, 0) is 38.8 Å². The molecule has 2 rings (SSSR count). The van der Waals surface area contributed by atoms with Crippen molar-refractivity contribution in [2.24, 2.45) is 0 Å². The number of amides is 1. The van der Waals surface area contributed by atoms with Crippen LogP contribution in [0.4, 0.5) is 0 Å². The molecule has 0 bridgehead atoms. The van der Waals surface area contributed by atoms with Gasteiger partial charge in [0, 0.05) is 19.1 Å². The average Bonchev–Trinajstić information content (AvgIpc) is 3.16. The Hall–Kier alpha value is -1.66. The van der Waals surface area contributed by atoms with Gasteiger partial charge in [-0.2, -0.15) is 0 Å². The molecule has 1 N–H and O–H groups in total. The SMILES string of the molecule is CC[C@@H](C)N(C)CCNC(=O)Cc1nc(-c2cccs2)oc1C. The molecule has 0 fully saturated rings. The van der Waals surface area contributed by atoms with E-state index in [1.54, 1.807) is 11.3 Å². The molecule has 2 aromatic heterocycles. The van der Waals surface area contributed by atoms with Crippen LogP contribution >= 0.6 is 11.3 Å². The summed E-state index contributed by atoms with van der Waals surface area (Å²) in [6.45, 7) is 7.70. The predicted molar refractivity (Wildman–Crippen MR) is 93.6 cm³/mol. The molecule has 0 saturated heterocycles. The molecule has 2 heterocycles. The van der Waals surface area contributed by atoms with E-state index in [0.717, 1.165) is 17.8 Å². The molecule has 0 radical (unpaired) electrons. The summed E-state index contributed by atoms with van der Waals surface area (Å²) >= 11 is 1.58. The standard InChI is InChI=1S/C17H25N3O2S/c1-5-12(2)20(4)9-8-18-16(21)11-14-13(3)22-17(19-14)15-7-6-10-23-15/h6-7,10,12H,5,8-9,11H2,1-4H3,(H,18,21)/t12-/m1/s1. The molecule has 2 aromatic rings. The highest BCUT2D eigenvalue weighted by Gasteiger charge is 2.15. The first kappa shape index (κ1) is 17.7. The number of oxazole rings is 1. The Bertz CT molecular complexity index is 622.